The quantitative estimate of drug-likeness (QED) is 0.800. The maximum Gasteiger partial charge on any atom is 0.0586 e. The van der Waals surface area contributed by atoms with E-state index in [0.717, 1.165) is 39.0 Å². The summed E-state index contributed by atoms with van der Waals surface area (Å²) in [6.45, 7) is 8.04. The number of piperazine rings is 1. The van der Waals surface area contributed by atoms with Crippen LogP contribution in [0.5, 0.6) is 0 Å². The first-order chi connectivity index (χ1) is 9.72. The van der Waals surface area contributed by atoms with Gasteiger partial charge in [0.25, 0.3) is 0 Å². The van der Waals surface area contributed by atoms with E-state index >= 15 is 0 Å². The molecule has 0 amide bonds. The number of aromatic nitrogens is 2. The van der Waals surface area contributed by atoms with Gasteiger partial charge in [-0.05, 0) is 31.4 Å². The number of aliphatic hydroxyl groups excluding tert-OH is 1. The lowest BCUT2D eigenvalue weighted by atomic mass is 10.1. The van der Waals surface area contributed by atoms with Crippen molar-refractivity contribution in [2.75, 3.05) is 39.3 Å². The van der Waals surface area contributed by atoms with Crippen LogP contribution in [0.15, 0.2) is 12.4 Å². The number of hydrogen-bond donors (Lipinski definition) is 1. The third kappa shape index (κ3) is 4.30. The number of nitrogens with zero attached hydrogens (tertiary/aromatic N) is 4. The second-order valence-electron chi connectivity index (χ2n) is 5.75. The Bertz CT molecular complexity index is 381. The fourth-order valence-electron chi connectivity index (χ4n) is 2.96. The van der Waals surface area contributed by atoms with Crippen LogP contribution < -0.4 is 0 Å². The zero-order chi connectivity index (χ0) is 14.4. The molecule has 1 aromatic heterocycles. The van der Waals surface area contributed by atoms with Crippen LogP contribution in [0, 0.1) is 0 Å². The third-order valence-electron chi connectivity index (χ3n) is 4.30. The molecule has 0 bridgehead atoms. The first kappa shape index (κ1) is 15.5. The second kappa shape index (κ2) is 7.76. The van der Waals surface area contributed by atoms with Gasteiger partial charge in [-0.2, -0.15) is 5.10 Å². The van der Waals surface area contributed by atoms with Gasteiger partial charge in [0, 0.05) is 45.5 Å². The molecule has 0 aliphatic carbocycles. The van der Waals surface area contributed by atoms with Crippen LogP contribution in [0.25, 0.3) is 0 Å². The smallest absolute Gasteiger partial charge is 0.0586 e. The molecule has 5 nitrogen and oxygen atoms in total. The molecule has 1 aliphatic heterocycles. The van der Waals surface area contributed by atoms with E-state index in [4.69, 9.17) is 0 Å². The molecular weight excluding hydrogens is 252 g/mol. The lowest BCUT2D eigenvalue weighted by molar-refractivity contribution is 0.0633. The molecule has 0 aromatic carbocycles. The molecular formula is C15H28N4O. The van der Waals surface area contributed by atoms with Crippen molar-refractivity contribution in [2.24, 2.45) is 7.05 Å². The number of aliphatic hydroxyl groups is 1. The predicted molar refractivity (Wildman–Crippen MR) is 80.7 cm³/mol. The fraction of sp³-hybridized carbons (Fsp3) is 0.800. The average Bonchev–Trinajstić information content (AvgIpc) is 2.87. The van der Waals surface area contributed by atoms with E-state index in [0.29, 0.717) is 6.04 Å². The summed E-state index contributed by atoms with van der Waals surface area (Å²) in [4.78, 5) is 4.97. The van der Waals surface area contributed by atoms with Crippen molar-refractivity contribution in [3.63, 3.8) is 0 Å². The largest absolute Gasteiger partial charge is 0.395 e. The van der Waals surface area contributed by atoms with E-state index in [1.807, 2.05) is 17.9 Å². The van der Waals surface area contributed by atoms with E-state index in [-0.39, 0.29) is 6.61 Å². The lowest BCUT2D eigenvalue weighted by Gasteiger charge is -2.38. The number of aryl methyl sites for hydroxylation is 2. The molecule has 1 fully saturated rings. The molecule has 0 saturated carbocycles. The van der Waals surface area contributed by atoms with Crippen molar-refractivity contribution in [1.82, 2.24) is 19.6 Å². The van der Waals surface area contributed by atoms with Crippen molar-refractivity contribution in [3.05, 3.63) is 18.0 Å². The van der Waals surface area contributed by atoms with Crippen molar-refractivity contribution < 1.29 is 5.11 Å². The fourth-order valence-corrected chi connectivity index (χ4v) is 2.96. The van der Waals surface area contributed by atoms with E-state index in [9.17, 15) is 5.11 Å². The van der Waals surface area contributed by atoms with Crippen LogP contribution >= 0.6 is 0 Å². The Kier molecular flexibility index (Phi) is 6.01. The first-order valence-corrected chi connectivity index (χ1v) is 7.77. The van der Waals surface area contributed by atoms with Gasteiger partial charge in [0.2, 0.25) is 0 Å². The van der Waals surface area contributed by atoms with Gasteiger partial charge in [0.1, 0.15) is 0 Å². The molecule has 114 valence electrons. The minimum atomic E-state index is 0.289. The minimum absolute atomic E-state index is 0.289. The summed E-state index contributed by atoms with van der Waals surface area (Å²) >= 11 is 0. The summed E-state index contributed by atoms with van der Waals surface area (Å²) in [5, 5.41) is 13.6. The predicted octanol–water partition coefficient (Wildman–Crippen LogP) is 0.741. The van der Waals surface area contributed by atoms with E-state index in [2.05, 4.69) is 28.0 Å². The van der Waals surface area contributed by atoms with Crippen molar-refractivity contribution >= 4 is 0 Å². The Morgan fingerprint density at radius 2 is 2.05 bits per heavy atom. The molecule has 1 saturated heterocycles. The highest BCUT2D eigenvalue weighted by Gasteiger charge is 2.21. The SMILES string of the molecule is CCC(CO)N1CCN(CCCc2cnn(C)c2)CC1. The maximum atomic E-state index is 9.35. The molecule has 1 unspecified atom stereocenters. The van der Waals surface area contributed by atoms with Crippen LogP contribution in [-0.4, -0.2) is 70.1 Å². The molecule has 1 aromatic rings. The van der Waals surface area contributed by atoms with Gasteiger partial charge in [0.05, 0.1) is 12.8 Å². The highest BCUT2D eigenvalue weighted by Crippen LogP contribution is 2.10. The molecule has 1 atom stereocenters. The minimum Gasteiger partial charge on any atom is -0.395 e. The standard InChI is InChI=1S/C15H28N4O/c1-3-15(13-20)19-9-7-18(8-10-19)6-4-5-14-11-16-17(2)12-14/h11-12,15,20H,3-10,13H2,1-2H3. The monoisotopic (exact) mass is 280 g/mol. The molecule has 20 heavy (non-hydrogen) atoms. The van der Waals surface area contributed by atoms with Gasteiger partial charge < -0.3 is 10.0 Å². The van der Waals surface area contributed by atoms with Gasteiger partial charge in [-0.1, -0.05) is 6.92 Å². The molecule has 0 radical (unpaired) electrons. The van der Waals surface area contributed by atoms with Crippen molar-refractivity contribution in [3.8, 4) is 0 Å². The van der Waals surface area contributed by atoms with Gasteiger partial charge in [-0.25, -0.2) is 0 Å². The Labute approximate surface area is 122 Å². The van der Waals surface area contributed by atoms with Crippen LogP contribution in [0.1, 0.15) is 25.3 Å². The molecule has 1 aliphatic rings. The van der Waals surface area contributed by atoms with Crippen LogP contribution in [0.3, 0.4) is 0 Å². The van der Waals surface area contributed by atoms with E-state index in [1.165, 1.54) is 18.5 Å². The summed E-state index contributed by atoms with van der Waals surface area (Å²) in [5.74, 6) is 0. The first-order valence-electron chi connectivity index (χ1n) is 7.77. The Morgan fingerprint density at radius 1 is 1.30 bits per heavy atom. The highest BCUT2D eigenvalue weighted by atomic mass is 16.3. The molecule has 2 heterocycles. The highest BCUT2D eigenvalue weighted by molar-refractivity contribution is 5.03. The van der Waals surface area contributed by atoms with Gasteiger partial charge in [-0.15, -0.1) is 0 Å². The molecule has 1 N–H and O–H groups in total. The van der Waals surface area contributed by atoms with Crippen LogP contribution in [0.2, 0.25) is 0 Å². The topological polar surface area (TPSA) is 44.5 Å². The summed E-state index contributed by atoms with van der Waals surface area (Å²) in [6.07, 6.45) is 7.42. The normalized spacial score (nSPS) is 19.4. The van der Waals surface area contributed by atoms with E-state index in [1.54, 1.807) is 0 Å². The number of rotatable bonds is 7. The van der Waals surface area contributed by atoms with Crippen LogP contribution in [-0.2, 0) is 13.5 Å². The maximum absolute atomic E-state index is 9.35. The van der Waals surface area contributed by atoms with Crippen LogP contribution in [0.4, 0.5) is 0 Å². The third-order valence-corrected chi connectivity index (χ3v) is 4.30. The lowest BCUT2D eigenvalue weighted by Crippen LogP contribution is -2.51. The Morgan fingerprint density at radius 3 is 2.60 bits per heavy atom. The molecule has 2 rings (SSSR count). The summed E-state index contributed by atoms with van der Waals surface area (Å²) in [6, 6.07) is 0.354. The summed E-state index contributed by atoms with van der Waals surface area (Å²) in [5.41, 5.74) is 1.33. The van der Waals surface area contributed by atoms with Crippen molar-refractivity contribution in [1.29, 1.82) is 0 Å². The van der Waals surface area contributed by atoms with Gasteiger partial charge in [0.15, 0.2) is 0 Å². The molecule has 0 spiro atoms. The Hall–Kier alpha value is -0.910. The summed E-state index contributed by atoms with van der Waals surface area (Å²) in [7, 11) is 1.97. The summed E-state index contributed by atoms with van der Waals surface area (Å²) < 4.78 is 1.87. The van der Waals surface area contributed by atoms with Gasteiger partial charge >= 0.3 is 0 Å². The Balaban J connectivity index is 1.64. The zero-order valence-electron chi connectivity index (χ0n) is 12.8. The number of hydrogen-bond acceptors (Lipinski definition) is 4. The average molecular weight is 280 g/mol. The van der Waals surface area contributed by atoms with Crippen molar-refractivity contribution in [2.45, 2.75) is 32.2 Å². The van der Waals surface area contributed by atoms with Gasteiger partial charge in [-0.3, -0.25) is 9.58 Å². The van der Waals surface area contributed by atoms with E-state index < -0.39 is 0 Å². The second-order valence-corrected chi connectivity index (χ2v) is 5.75. The zero-order valence-corrected chi connectivity index (χ0v) is 12.8. The molecule has 5 heteroatoms.